The predicted molar refractivity (Wildman–Crippen MR) is 63.9 cm³/mol. The highest BCUT2D eigenvalue weighted by Gasteiger charge is 2.35. The highest BCUT2D eigenvalue weighted by Crippen LogP contribution is 2.43. The molecule has 2 aliphatic rings. The van der Waals surface area contributed by atoms with Gasteiger partial charge in [-0.1, -0.05) is 38.7 Å². The first-order valence-corrected chi connectivity index (χ1v) is 6.60. The Morgan fingerprint density at radius 3 is 2.75 bits per heavy atom. The van der Waals surface area contributed by atoms with Crippen molar-refractivity contribution >= 4 is 5.97 Å². The van der Waals surface area contributed by atoms with Crippen LogP contribution in [-0.2, 0) is 9.53 Å². The van der Waals surface area contributed by atoms with Crippen LogP contribution in [0.25, 0.3) is 0 Å². The van der Waals surface area contributed by atoms with Crippen molar-refractivity contribution in [1.82, 2.24) is 0 Å². The van der Waals surface area contributed by atoms with Gasteiger partial charge in [-0.2, -0.15) is 0 Å². The summed E-state index contributed by atoms with van der Waals surface area (Å²) in [5, 5.41) is 0. The van der Waals surface area contributed by atoms with E-state index < -0.39 is 0 Å². The van der Waals surface area contributed by atoms with Gasteiger partial charge in [0.25, 0.3) is 0 Å². The van der Waals surface area contributed by atoms with Crippen LogP contribution >= 0.6 is 0 Å². The monoisotopic (exact) mass is 222 g/mol. The summed E-state index contributed by atoms with van der Waals surface area (Å²) in [5.41, 5.74) is 0. The quantitative estimate of drug-likeness (QED) is 0.541. The molecule has 0 saturated heterocycles. The summed E-state index contributed by atoms with van der Waals surface area (Å²) in [5.74, 6) is 2.08. The van der Waals surface area contributed by atoms with Crippen LogP contribution in [-0.4, -0.2) is 12.6 Å². The van der Waals surface area contributed by atoms with E-state index in [0.29, 0.717) is 12.5 Å². The third-order valence-corrected chi connectivity index (χ3v) is 4.33. The van der Waals surface area contributed by atoms with E-state index in [4.69, 9.17) is 4.74 Å². The zero-order chi connectivity index (χ0) is 11.4. The minimum atomic E-state index is -0.266. The normalized spacial score (nSPS) is 33.9. The molecule has 0 aromatic heterocycles. The Labute approximate surface area is 98.1 Å². The molecule has 2 rings (SSSR count). The van der Waals surface area contributed by atoms with Crippen molar-refractivity contribution in [3.8, 4) is 0 Å². The highest BCUT2D eigenvalue weighted by molar-refractivity contribution is 5.81. The minimum absolute atomic E-state index is 0.266. The van der Waals surface area contributed by atoms with Crippen LogP contribution < -0.4 is 0 Å². The molecule has 2 heteroatoms. The second-order valence-electron chi connectivity index (χ2n) is 5.23. The van der Waals surface area contributed by atoms with E-state index in [-0.39, 0.29) is 5.97 Å². The zero-order valence-electron chi connectivity index (χ0n) is 9.99. The van der Waals surface area contributed by atoms with E-state index in [1.807, 2.05) is 0 Å². The van der Waals surface area contributed by atoms with Crippen molar-refractivity contribution in [3.05, 3.63) is 12.7 Å². The van der Waals surface area contributed by atoms with Crippen molar-refractivity contribution in [2.24, 2.45) is 17.8 Å². The lowest BCUT2D eigenvalue weighted by molar-refractivity contribution is -0.140. The topological polar surface area (TPSA) is 26.3 Å². The van der Waals surface area contributed by atoms with E-state index >= 15 is 0 Å². The van der Waals surface area contributed by atoms with Gasteiger partial charge in [0.2, 0.25) is 0 Å². The van der Waals surface area contributed by atoms with E-state index in [0.717, 1.165) is 11.8 Å². The van der Waals surface area contributed by atoms with Gasteiger partial charge in [0.1, 0.15) is 0 Å². The van der Waals surface area contributed by atoms with E-state index in [1.54, 1.807) is 0 Å². The van der Waals surface area contributed by atoms with Crippen LogP contribution in [0, 0.1) is 17.8 Å². The smallest absolute Gasteiger partial charge is 0.330 e. The van der Waals surface area contributed by atoms with Crippen molar-refractivity contribution < 1.29 is 9.53 Å². The predicted octanol–water partition coefficient (Wildman–Crippen LogP) is 3.32. The van der Waals surface area contributed by atoms with Gasteiger partial charge >= 0.3 is 5.97 Å². The van der Waals surface area contributed by atoms with Gasteiger partial charge < -0.3 is 4.74 Å². The van der Waals surface area contributed by atoms with Gasteiger partial charge in [0.15, 0.2) is 0 Å². The Kier molecular flexibility index (Phi) is 4.03. The third kappa shape index (κ3) is 2.66. The second kappa shape index (κ2) is 5.51. The van der Waals surface area contributed by atoms with E-state index in [1.165, 1.54) is 51.0 Å². The number of esters is 1. The summed E-state index contributed by atoms with van der Waals surface area (Å²) in [4.78, 5) is 11.1. The molecule has 0 aromatic rings. The molecule has 2 nitrogen and oxygen atoms in total. The lowest BCUT2D eigenvalue weighted by atomic mass is 9.66. The molecule has 16 heavy (non-hydrogen) atoms. The van der Waals surface area contributed by atoms with Crippen LogP contribution in [0.4, 0.5) is 0 Å². The molecule has 0 aliphatic heterocycles. The summed E-state index contributed by atoms with van der Waals surface area (Å²) >= 11 is 0. The fraction of sp³-hybridized carbons (Fsp3) is 0.786. The molecule has 2 fully saturated rings. The third-order valence-electron chi connectivity index (χ3n) is 4.33. The molecular weight excluding hydrogens is 200 g/mol. The summed E-state index contributed by atoms with van der Waals surface area (Å²) in [7, 11) is 0. The number of ether oxygens (including phenoxy) is 1. The minimum Gasteiger partial charge on any atom is -0.462 e. The Morgan fingerprint density at radius 1 is 1.19 bits per heavy atom. The summed E-state index contributed by atoms with van der Waals surface area (Å²) in [6, 6.07) is 0. The molecule has 2 aliphatic carbocycles. The average molecular weight is 222 g/mol. The van der Waals surface area contributed by atoms with Crippen LogP contribution in [0.5, 0.6) is 0 Å². The zero-order valence-corrected chi connectivity index (χ0v) is 9.99. The molecule has 2 saturated carbocycles. The largest absolute Gasteiger partial charge is 0.462 e. The van der Waals surface area contributed by atoms with E-state index in [9.17, 15) is 4.79 Å². The molecule has 0 amide bonds. The van der Waals surface area contributed by atoms with Gasteiger partial charge in [0, 0.05) is 6.08 Å². The van der Waals surface area contributed by atoms with Gasteiger partial charge in [0.05, 0.1) is 6.61 Å². The number of carbonyl (C=O) groups excluding carboxylic acids is 1. The summed E-state index contributed by atoms with van der Waals surface area (Å²) in [6.07, 6.45) is 10.7. The van der Waals surface area contributed by atoms with Crippen LogP contribution in [0.15, 0.2) is 12.7 Å². The van der Waals surface area contributed by atoms with Crippen LogP contribution in [0.1, 0.15) is 44.9 Å². The maximum atomic E-state index is 11.1. The standard InChI is InChI=1S/C14H22O2/c1-2-14(15)16-10-12-8-5-7-11-6-3-4-9-13(11)12/h2,11-13H,1,3-10H2. The number of fused-ring (bicyclic) bond motifs is 1. The van der Waals surface area contributed by atoms with E-state index in [2.05, 4.69) is 6.58 Å². The summed E-state index contributed by atoms with van der Waals surface area (Å²) in [6.45, 7) is 4.05. The fourth-order valence-corrected chi connectivity index (χ4v) is 3.53. The molecule has 0 N–H and O–H groups in total. The number of carbonyl (C=O) groups is 1. The van der Waals surface area contributed by atoms with Gasteiger partial charge in [-0.15, -0.1) is 0 Å². The van der Waals surface area contributed by atoms with Crippen molar-refractivity contribution in [2.45, 2.75) is 44.9 Å². The van der Waals surface area contributed by atoms with Crippen molar-refractivity contribution in [3.63, 3.8) is 0 Å². The van der Waals surface area contributed by atoms with Gasteiger partial charge in [-0.25, -0.2) is 4.79 Å². The Bertz CT molecular complexity index is 257. The van der Waals surface area contributed by atoms with Crippen LogP contribution in [0.2, 0.25) is 0 Å². The highest BCUT2D eigenvalue weighted by atomic mass is 16.5. The van der Waals surface area contributed by atoms with Crippen molar-refractivity contribution in [2.75, 3.05) is 6.61 Å². The molecule has 0 heterocycles. The molecule has 0 radical (unpaired) electrons. The SMILES string of the molecule is C=CC(=O)OCC1CCCC2CCCCC21. The second-order valence-corrected chi connectivity index (χ2v) is 5.23. The summed E-state index contributed by atoms with van der Waals surface area (Å²) < 4.78 is 5.22. The first kappa shape index (κ1) is 11.7. The molecule has 0 bridgehead atoms. The average Bonchev–Trinajstić information content (AvgIpc) is 2.35. The van der Waals surface area contributed by atoms with Gasteiger partial charge in [-0.05, 0) is 30.6 Å². The molecule has 90 valence electrons. The first-order valence-electron chi connectivity index (χ1n) is 6.60. The Balaban J connectivity index is 1.87. The molecular formula is C14H22O2. The Hall–Kier alpha value is -0.790. The van der Waals surface area contributed by atoms with Gasteiger partial charge in [-0.3, -0.25) is 0 Å². The Morgan fingerprint density at radius 2 is 1.94 bits per heavy atom. The molecule has 0 aromatic carbocycles. The maximum Gasteiger partial charge on any atom is 0.330 e. The van der Waals surface area contributed by atoms with Crippen LogP contribution in [0.3, 0.4) is 0 Å². The lowest BCUT2D eigenvalue weighted by Gasteiger charge is -2.41. The number of rotatable bonds is 3. The molecule has 3 unspecified atom stereocenters. The first-order chi connectivity index (χ1) is 7.81. The van der Waals surface area contributed by atoms with Crippen molar-refractivity contribution in [1.29, 1.82) is 0 Å². The molecule has 0 spiro atoms. The lowest BCUT2D eigenvalue weighted by Crippen LogP contribution is -2.33. The molecule has 3 atom stereocenters. The number of hydrogen-bond donors (Lipinski definition) is 0. The maximum absolute atomic E-state index is 11.1. The fourth-order valence-electron chi connectivity index (χ4n) is 3.53. The number of hydrogen-bond acceptors (Lipinski definition) is 2.